The lowest BCUT2D eigenvalue weighted by molar-refractivity contribution is -0.145. The van der Waals surface area contributed by atoms with Crippen LogP contribution < -0.4 is 5.73 Å². The molecule has 0 aliphatic carbocycles. The van der Waals surface area contributed by atoms with E-state index in [1.165, 1.54) is 21.7 Å². The predicted molar refractivity (Wildman–Crippen MR) is 86.4 cm³/mol. The third kappa shape index (κ3) is 3.88. The number of carbonyl (C=O) groups is 3. The van der Waals surface area contributed by atoms with E-state index in [2.05, 4.69) is 0 Å². The van der Waals surface area contributed by atoms with Gasteiger partial charge in [0.15, 0.2) is 0 Å². The number of hydrogen-bond acceptors (Lipinski definition) is 6. The molecule has 0 saturated carbocycles. The first-order valence-electron chi connectivity index (χ1n) is 8.27. The van der Waals surface area contributed by atoms with Crippen molar-refractivity contribution >= 4 is 24.8 Å². The largest absolute Gasteiger partial charge is 0.475 e. The van der Waals surface area contributed by atoms with Crippen LogP contribution in [0.4, 0.5) is 0 Å². The van der Waals surface area contributed by atoms with Gasteiger partial charge in [0.05, 0.1) is 19.0 Å². The summed E-state index contributed by atoms with van der Waals surface area (Å²) in [6, 6.07) is -0.573. The summed E-state index contributed by atoms with van der Waals surface area (Å²) < 4.78 is 0. The minimum Gasteiger partial charge on any atom is -0.426 e. The van der Waals surface area contributed by atoms with Gasteiger partial charge in [-0.15, -0.1) is 0 Å². The van der Waals surface area contributed by atoms with Gasteiger partial charge in [-0.05, 0) is 25.7 Å². The molecule has 24 heavy (non-hydrogen) atoms. The zero-order valence-corrected chi connectivity index (χ0v) is 13.9. The van der Waals surface area contributed by atoms with Crippen LogP contribution in [0, 0.1) is 0 Å². The Balaban J connectivity index is 1.96. The van der Waals surface area contributed by atoms with Crippen molar-refractivity contribution in [3.8, 4) is 0 Å². The molecule has 2 heterocycles. The molecule has 0 aromatic heterocycles. The summed E-state index contributed by atoms with van der Waals surface area (Å²) in [5.41, 5.74) is 5.37. The third-order valence-corrected chi connectivity index (χ3v) is 4.75. The Labute approximate surface area is 141 Å². The van der Waals surface area contributed by atoms with Crippen LogP contribution in [-0.4, -0.2) is 94.8 Å². The second-order valence-corrected chi connectivity index (χ2v) is 6.35. The van der Waals surface area contributed by atoms with E-state index in [9.17, 15) is 24.4 Å². The second-order valence-electron chi connectivity index (χ2n) is 6.35. The molecule has 9 nitrogen and oxygen atoms in total. The zero-order valence-electron chi connectivity index (χ0n) is 13.9. The molecule has 2 rings (SSSR count). The number of likely N-dealkylation sites (N-methyl/N-ethyl adjacent to an activating group) is 1. The van der Waals surface area contributed by atoms with Gasteiger partial charge in [0, 0.05) is 20.1 Å². The van der Waals surface area contributed by atoms with E-state index in [1.54, 1.807) is 0 Å². The Morgan fingerprint density at radius 2 is 1.75 bits per heavy atom. The number of nitrogens with zero attached hydrogens (tertiary/aromatic N) is 3. The maximum Gasteiger partial charge on any atom is 0.475 e. The molecule has 0 spiro atoms. The van der Waals surface area contributed by atoms with Crippen LogP contribution in [0.2, 0.25) is 0 Å². The van der Waals surface area contributed by atoms with Crippen molar-refractivity contribution in [1.29, 1.82) is 0 Å². The first kappa shape index (κ1) is 18.7. The topological polar surface area (TPSA) is 127 Å². The lowest BCUT2D eigenvalue weighted by Crippen LogP contribution is -2.52. The smallest absolute Gasteiger partial charge is 0.426 e. The van der Waals surface area contributed by atoms with Gasteiger partial charge < -0.3 is 30.5 Å². The van der Waals surface area contributed by atoms with E-state index < -0.39 is 19.1 Å². The highest BCUT2D eigenvalue weighted by Crippen LogP contribution is 2.21. The van der Waals surface area contributed by atoms with Crippen LogP contribution in [-0.2, 0) is 14.4 Å². The van der Waals surface area contributed by atoms with Gasteiger partial charge in [0.2, 0.25) is 17.7 Å². The molecule has 10 heteroatoms. The molecule has 2 atom stereocenters. The van der Waals surface area contributed by atoms with Crippen LogP contribution in [0.5, 0.6) is 0 Å². The number of nitrogens with two attached hydrogens (primary N) is 1. The van der Waals surface area contributed by atoms with Gasteiger partial charge in [0.25, 0.3) is 0 Å². The number of likely N-dealkylation sites (tertiary alicyclic amines) is 2. The Hall–Kier alpha value is -1.65. The van der Waals surface area contributed by atoms with Crippen molar-refractivity contribution < 1.29 is 24.4 Å². The maximum absolute atomic E-state index is 12.6. The lowest BCUT2D eigenvalue weighted by atomic mass is 9.78. The Bertz CT molecular complexity index is 504. The summed E-state index contributed by atoms with van der Waals surface area (Å²) in [6.07, 6.45) is 2.52. The summed E-state index contributed by atoms with van der Waals surface area (Å²) in [5.74, 6) is -1.50. The van der Waals surface area contributed by atoms with E-state index in [1.807, 2.05) is 0 Å². The van der Waals surface area contributed by atoms with Crippen molar-refractivity contribution in [3.05, 3.63) is 0 Å². The molecular formula is C14H25BN4O5. The van der Waals surface area contributed by atoms with Gasteiger partial charge in [-0.25, -0.2) is 0 Å². The number of rotatable bonds is 5. The van der Waals surface area contributed by atoms with Gasteiger partial charge in [0.1, 0.15) is 6.04 Å². The fraction of sp³-hybridized carbons (Fsp3) is 0.786. The number of carbonyl (C=O) groups excluding carboxylic acids is 3. The molecule has 134 valence electrons. The van der Waals surface area contributed by atoms with Crippen LogP contribution in [0.1, 0.15) is 25.7 Å². The molecule has 2 aliphatic rings. The fourth-order valence-corrected chi connectivity index (χ4v) is 3.48. The third-order valence-electron chi connectivity index (χ3n) is 4.75. The zero-order chi connectivity index (χ0) is 17.9. The van der Waals surface area contributed by atoms with Crippen molar-refractivity contribution in [2.75, 3.05) is 33.2 Å². The average Bonchev–Trinajstić information content (AvgIpc) is 3.21. The quantitative estimate of drug-likeness (QED) is 0.471. The minimum absolute atomic E-state index is 0.143. The summed E-state index contributed by atoms with van der Waals surface area (Å²) >= 11 is 0. The molecular weight excluding hydrogens is 315 g/mol. The first-order chi connectivity index (χ1) is 11.4. The van der Waals surface area contributed by atoms with E-state index in [-0.39, 0.29) is 30.8 Å². The van der Waals surface area contributed by atoms with E-state index >= 15 is 0 Å². The van der Waals surface area contributed by atoms with Crippen LogP contribution in [0.3, 0.4) is 0 Å². The Morgan fingerprint density at radius 3 is 2.38 bits per heavy atom. The Morgan fingerprint density at radius 1 is 1.12 bits per heavy atom. The maximum atomic E-state index is 12.6. The molecule has 0 radical (unpaired) electrons. The van der Waals surface area contributed by atoms with Gasteiger partial charge in [-0.3, -0.25) is 14.4 Å². The van der Waals surface area contributed by atoms with E-state index in [0.717, 1.165) is 6.42 Å². The molecule has 0 aromatic rings. The molecule has 2 aliphatic heterocycles. The minimum atomic E-state index is -1.58. The van der Waals surface area contributed by atoms with Gasteiger partial charge in [-0.1, -0.05) is 0 Å². The van der Waals surface area contributed by atoms with Crippen molar-refractivity contribution in [2.24, 2.45) is 5.73 Å². The van der Waals surface area contributed by atoms with Gasteiger partial charge in [-0.2, -0.15) is 0 Å². The average molecular weight is 340 g/mol. The SMILES string of the molecule is CN(CC(=O)N1CCC[C@H]1B(O)O)C(=O)[C@@H]1CCCN1C(=O)CN. The molecule has 3 amide bonds. The summed E-state index contributed by atoms with van der Waals surface area (Å²) in [4.78, 5) is 40.9. The molecule has 2 saturated heterocycles. The first-order valence-corrected chi connectivity index (χ1v) is 8.27. The molecule has 2 fully saturated rings. The Kier molecular flexibility index (Phi) is 6.19. The van der Waals surface area contributed by atoms with E-state index in [4.69, 9.17) is 5.73 Å². The molecule has 4 N–H and O–H groups in total. The standard InChI is InChI=1S/C14H25BN4O5/c1-17(9-13(21)19-7-3-5-11(19)15(23)24)14(22)10-4-2-6-18(10)12(20)8-16/h10-11,23-24H,2-9,16H2,1H3/t10-,11-/m0/s1. The van der Waals surface area contributed by atoms with Crippen LogP contribution >= 0.6 is 0 Å². The van der Waals surface area contributed by atoms with Crippen molar-refractivity contribution in [2.45, 2.75) is 37.7 Å². The predicted octanol–water partition coefficient (Wildman–Crippen LogP) is -2.60. The van der Waals surface area contributed by atoms with Gasteiger partial charge >= 0.3 is 7.12 Å². The van der Waals surface area contributed by atoms with Crippen LogP contribution in [0.25, 0.3) is 0 Å². The number of amides is 3. The van der Waals surface area contributed by atoms with Crippen molar-refractivity contribution in [3.63, 3.8) is 0 Å². The highest BCUT2D eigenvalue weighted by atomic mass is 16.4. The van der Waals surface area contributed by atoms with E-state index in [0.29, 0.717) is 32.4 Å². The molecule has 0 aromatic carbocycles. The lowest BCUT2D eigenvalue weighted by Gasteiger charge is -2.30. The van der Waals surface area contributed by atoms with Crippen molar-refractivity contribution in [1.82, 2.24) is 14.7 Å². The summed E-state index contributed by atoms with van der Waals surface area (Å²) in [7, 11) is -0.0608. The number of hydrogen-bond donors (Lipinski definition) is 3. The second kappa shape index (κ2) is 7.95. The normalized spacial score (nSPS) is 23.5. The molecule has 0 unspecified atom stereocenters. The van der Waals surface area contributed by atoms with Crippen LogP contribution in [0.15, 0.2) is 0 Å². The highest BCUT2D eigenvalue weighted by molar-refractivity contribution is 6.43. The highest BCUT2D eigenvalue weighted by Gasteiger charge is 2.39. The fourth-order valence-electron chi connectivity index (χ4n) is 3.48. The summed E-state index contributed by atoms with van der Waals surface area (Å²) in [6.45, 7) is 0.656. The molecule has 0 bridgehead atoms. The summed E-state index contributed by atoms with van der Waals surface area (Å²) in [5, 5.41) is 18.7. The monoisotopic (exact) mass is 340 g/mol.